The van der Waals surface area contributed by atoms with Crippen molar-refractivity contribution in [3.63, 3.8) is 0 Å². The van der Waals surface area contributed by atoms with Crippen molar-refractivity contribution in [1.82, 2.24) is 0 Å². The summed E-state index contributed by atoms with van der Waals surface area (Å²) in [6, 6.07) is 19.3. The van der Waals surface area contributed by atoms with Crippen LogP contribution in [0.5, 0.6) is 0 Å². The molecule has 3 N–H and O–H groups in total. The van der Waals surface area contributed by atoms with Crippen molar-refractivity contribution in [3.8, 4) is 0 Å². The van der Waals surface area contributed by atoms with Gasteiger partial charge in [0.15, 0.2) is 0 Å². The Labute approximate surface area is 147 Å². The number of rotatable bonds is 5. The number of nitrogens with one attached hydrogen (secondary N) is 1. The van der Waals surface area contributed by atoms with Gasteiger partial charge in [0.2, 0.25) is 0 Å². The number of benzene rings is 3. The van der Waals surface area contributed by atoms with Crippen LogP contribution in [0.15, 0.2) is 54.6 Å². The van der Waals surface area contributed by atoms with Crippen molar-refractivity contribution in [2.45, 2.75) is 6.42 Å². The van der Waals surface area contributed by atoms with E-state index in [1.165, 1.54) is 27.2 Å². The van der Waals surface area contributed by atoms with Gasteiger partial charge in [-0.25, -0.2) is 0 Å². The minimum atomic E-state index is -3.64. The highest BCUT2D eigenvalue weighted by Crippen LogP contribution is 2.32. The molecule has 0 saturated heterocycles. The molecule has 3 aromatic rings. The van der Waals surface area contributed by atoms with E-state index in [-0.39, 0.29) is 0 Å². The van der Waals surface area contributed by atoms with Crippen molar-refractivity contribution in [2.24, 2.45) is 0 Å². The number of anilines is 1. The summed E-state index contributed by atoms with van der Waals surface area (Å²) in [4.78, 5) is 15.3. The first-order valence-electron chi connectivity index (χ1n) is 8.06. The standard InChI is InChI=1S/C18H19NO.CH5O3P/c1-20-12-6-11-19-18-16-9-4-2-7-14(16)13-15-8-3-5-10-17(15)18;1-5(2,3)4/h2-5,7-10,13,19H,6,11-12H2,1H3;1H3,(H2,2,3,4). The van der Waals surface area contributed by atoms with Gasteiger partial charge in [0, 0.05) is 43.4 Å². The number of ether oxygens (including phenoxy) is 1. The Morgan fingerprint density at radius 1 is 1.00 bits per heavy atom. The van der Waals surface area contributed by atoms with E-state index < -0.39 is 7.60 Å². The summed E-state index contributed by atoms with van der Waals surface area (Å²) in [5.74, 6) is 0. The second-order valence-corrected chi connectivity index (χ2v) is 7.47. The summed E-state index contributed by atoms with van der Waals surface area (Å²) in [6.45, 7) is 2.56. The molecule has 25 heavy (non-hydrogen) atoms. The van der Waals surface area contributed by atoms with Gasteiger partial charge in [0.25, 0.3) is 0 Å². The highest BCUT2D eigenvalue weighted by atomic mass is 31.2. The molecule has 0 aliphatic carbocycles. The predicted octanol–water partition coefficient (Wildman–Crippen LogP) is 4.24. The van der Waals surface area contributed by atoms with Crippen LogP contribution in [-0.2, 0) is 9.30 Å². The molecule has 5 nitrogen and oxygen atoms in total. The van der Waals surface area contributed by atoms with E-state index in [4.69, 9.17) is 14.5 Å². The first-order chi connectivity index (χ1) is 11.9. The zero-order valence-corrected chi connectivity index (χ0v) is 15.4. The summed E-state index contributed by atoms with van der Waals surface area (Å²) in [5.41, 5.74) is 1.23. The van der Waals surface area contributed by atoms with Crippen LogP contribution in [0.2, 0.25) is 0 Å². The Kier molecular flexibility index (Phi) is 6.97. The molecule has 0 heterocycles. The highest BCUT2D eigenvalue weighted by Gasteiger charge is 2.06. The zero-order valence-electron chi connectivity index (χ0n) is 14.5. The number of hydrogen-bond acceptors (Lipinski definition) is 3. The molecular weight excluding hydrogens is 337 g/mol. The normalized spacial score (nSPS) is 11.2. The second-order valence-electron chi connectivity index (χ2n) is 5.80. The summed E-state index contributed by atoms with van der Waals surface area (Å²) in [6.07, 6.45) is 1.01. The van der Waals surface area contributed by atoms with Crippen LogP contribution in [0, 0.1) is 0 Å². The van der Waals surface area contributed by atoms with Gasteiger partial charge in [-0.3, -0.25) is 4.57 Å². The van der Waals surface area contributed by atoms with E-state index in [0.29, 0.717) is 0 Å². The fourth-order valence-electron chi connectivity index (χ4n) is 2.63. The summed E-state index contributed by atoms with van der Waals surface area (Å²) >= 11 is 0. The lowest BCUT2D eigenvalue weighted by molar-refractivity contribution is 0.198. The first-order valence-corrected chi connectivity index (χ1v) is 10.1. The zero-order chi connectivity index (χ0) is 18.3. The lowest BCUT2D eigenvalue weighted by atomic mass is 10.0. The summed E-state index contributed by atoms with van der Waals surface area (Å²) in [7, 11) is -1.90. The maximum absolute atomic E-state index is 9.33. The molecule has 3 aromatic carbocycles. The predicted molar refractivity (Wildman–Crippen MR) is 104 cm³/mol. The number of fused-ring (bicyclic) bond motifs is 2. The third kappa shape index (κ3) is 6.15. The van der Waals surface area contributed by atoms with Crippen molar-refractivity contribution in [1.29, 1.82) is 0 Å². The van der Waals surface area contributed by atoms with Gasteiger partial charge in [0.05, 0.1) is 0 Å². The molecule has 0 atom stereocenters. The Hall–Kier alpha value is -1.91. The molecule has 0 radical (unpaired) electrons. The van der Waals surface area contributed by atoms with E-state index in [1.54, 1.807) is 7.11 Å². The number of hydrogen-bond donors (Lipinski definition) is 3. The van der Waals surface area contributed by atoms with E-state index in [0.717, 1.165) is 26.2 Å². The molecule has 134 valence electrons. The Balaban J connectivity index is 0.000000399. The molecule has 0 unspecified atom stereocenters. The van der Waals surface area contributed by atoms with Gasteiger partial charge in [-0.2, -0.15) is 0 Å². The van der Waals surface area contributed by atoms with Crippen molar-refractivity contribution >= 4 is 34.8 Å². The van der Waals surface area contributed by atoms with Gasteiger partial charge < -0.3 is 19.8 Å². The SMILES string of the molecule is COCCCNc1c2ccccc2cc2ccccc12.CP(=O)(O)O. The topological polar surface area (TPSA) is 78.8 Å². The lowest BCUT2D eigenvalue weighted by Crippen LogP contribution is -2.05. The monoisotopic (exact) mass is 361 g/mol. The van der Waals surface area contributed by atoms with Crippen LogP contribution < -0.4 is 5.32 Å². The van der Waals surface area contributed by atoms with E-state index in [9.17, 15) is 4.57 Å². The molecule has 0 fully saturated rings. The molecule has 6 heteroatoms. The quantitative estimate of drug-likeness (QED) is 0.360. The fraction of sp³-hybridized carbons (Fsp3) is 0.263. The molecule has 0 bridgehead atoms. The minimum Gasteiger partial charge on any atom is -0.385 e. The van der Waals surface area contributed by atoms with Gasteiger partial charge in [-0.15, -0.1) is 0 Å². The molecule has 0 aliphatic heterocycles. The Morgan fingerprint density at radius 3 is 1.96 bits per heavy atom. The van der Waals surface area contributed by atoms with Crippen LogP contribution in [-0.4, -0.2) is 36.7 Å². The molecule has 0 aromatic heterocycles. The van der Waals surface area contributed by atoms with E-state index in [1.807, 2.05) is 0 Å². The number of methoxy groups -OCH3 is 1. The van der Waals surface area contributed by atoms with Crippen molar-refractivity contribution in [2.75, 3.05) is 32.2 Å². The van der Waals surface area contributed by atoms with Gasteiger partial charge in [0.1, 0.15) is 0 Å². The van der Waals surface area contributed by atoms with Gasteiger partial charge in [-0.1, -0.05) is 48.5 Å². The lowest BCUT2D eigenvalue weighted by Gasteiger charge is -2.13. The molecular formula is C19H24NO4P. The summed E-state index contributed by atoms with van der Waals surface area (Å²) in [5, 5.41) is 8.70. The average molecular weight is 361 g/mol. The molecule has 0 aliphatic rings. The van der Waals surface area contributed by atoms with Crippen LogP contribution in [0.3, 0.4) is 0 Å². The minimum absolute atomic E-state index is 0.787. The van der Waals surface area contributed by atoms with Gasteiger partial charge >= 0.3 is 7.60 Å². The Morgan fingerprint density at radius 2 is 1.48 bits per heavy atom. The van der Waals surface area contributed by atoms with Crippen LogP contribution >= 0.6 is 7.60 Å². The Bertz CT molecular complexity index is 813. The van der Waals surface area contributed by atoms with Crippen molar-refractivity contribution < 1.29 is 19.1 Å². The molecule has 3 rings (SSSR count). The largest absolute Gasteiger partial charge is 0.385 e. The van der Waals surface area contributed by atoms with Gasteiger partial charge in [-0.05, 0) is 23.3 Å². The molecule has 0 amide bonds. The van der Waals surface area contributed by atoms with Crippen LogP contribution in [0.4, 0.5) is 5.69 Å². The highest BCUT2D eigenvalue weighted by molar-refractivity contribution is 7.50. The van der Waals surface area contributed by atoms with Crippen LogP contribution in [0.25, 0.3) is 21.5 Å². The third-order valence-corrected chi connectivity index (χ3v) is 3.60. The van der Waals surface area contributed by atoms with E-state index in [2.05, 4.69) is 59.9 Å². The molecule has 0 saturated carbocycles. The fourth-order valence-corrected chi connectivity index (χ4v) is 2.63. The van der Waals surface area contributed by atoms with E-state index >= 15 is 0 Å². The van der Waals surface area contributed by atoms with Crippen molar-refractivity contribution in [3.05, 3.63) is 54.6 Å². The average Bonchev–Trinajstić information content (AvgIpc) is 2.56. The maximum Gasteiger partial charge on any atom is 0.322 e. The maximum atomic E-state index is 9.33. The third-order valence-electron chi connectivity index (χ3n) is 3.60. The molecule has 0 spiro atoms. The second kappa shape index (κ2) is 8.97. The summed E-state index contributed by atoms with van der Waals surface area (Å²) < 4.78 is 14.4. The smallest absolute Gasteiger partial charge is 0.322 e. The van der Waals surface area contributed by atoms with Crippen LogP contribution in [0.1, 0.15) is 6.42 Å². The first kappa shape index (κ1) is 19.4.